The van der Waals surface area contributed by atoms with E-state index in [9.17, 15) is 14.0 Å². The molecule has 0 atom stereocenters. The highest BCUT2D eigenvalue weighted by atomic mass is 35.5. The SMILES string of the molecule is CCOCCCNC(=O)C(=O)N/N=C\c1cc(Cl)ccc1Nc1ccccc1F. The van der Waals surface area contributed by atoms with Crippen molar-refractivity contribution >= 4 is 41.0 Å². The second-order valence-electron chi connectivity index (χ2n) is 5.84. The smallest absolute Gasteiger partial charge is 0.329 e. The molecule has 3 N–H and O–H groups in total. The molecule has 0 heterocycles. The summed E-state index contributed by atoms with van der Waals surface area (Å²) in [6, 6.07) is 11.1. The maximum absolute atomic E-state index is 13.9. The Bertz CT molecular complexity index is 877. The van der Waals surface area contributed by atoms with Gasteiger partial charge in [-0.25, -0.2) is 9.82 Å². The number of hydrogen-bond acceptors (Lipinski definition) is 5. The largest absolute Gasteiger partial charge is 0.382 e. The molecule has 0 fully saturated rings. The van der Waals surface area contributed by atoms with Crippen LogP contribution in [0.15, 0.2) is 47.6 Å². The highest BCUT2D eigenvalue weighted by Gasteiger charge is 2.11. The standard InChI is InChI=1S/C20H22ClFN4O3/c1-2-29-11-5-10-23-19(27)20(28)26-24-13-14-12-15(21)8-9-17(14)25-18-7-4-3-6-16(18)22/h3-4,6-9,12-13,25H,2,5,10-11H2,1H3,(H,23,27)(H,26,28)/b24-13-. The van der Waals surface area contributed by atoms with Crippen LogP contribution in [-0.2, 0) is 14.3 Å². The molecule has 0 saturated heterocycles. The van der Waals surface area contributed by atoms with Crippen molar-refractivity contribution in [1.82, 2.24) is 10.7 Å². The van der Waals surface area contributed by atoms with Crippen molar-refractivity contribution in [2.45, 2.75) is 13.3 Å². The first-order chi connectivity index (χ1) is 14.0. The lowest BCUT2D eigenvalue weighted by molar-refractivity contribution is -0.139. The summed E-state index contributed by atoms with van der Waals surface area (Å²) in [7, 11) is 0. The molecule has 2 amide bonds. The van der Waals surface area contributed by atoms with Gasteiger partial charge in [0, 0.05) is 36.0 Å². The molecule has 0 aromatic heterocycles. The van der Waals surface area contributed by atoms with Crippen molar-refractivity contribution in [3.63, 3.8) is 0 Å². The number of carbonyl (C=O) groups is 2. The lowest BCUT2D eigenvalue weighted by atomic mass is 10.2. The Morgan fingerprint density at radius 1 is 1.17 bits per heavy atom. The van der Waals surface area contributed by atoms with E-state index in [4.69, 9.17) is 16.3 Å². The van der Waals surface area contributed by atoms with E-state index in [1.807, 2.05) is 6.92 Å². The quantitative estimate of drug-likeness (QED) is 0.251. The first-order valence-electron chi connectivity index (χ1n) is 9.01. The van der Waals surface area contributed by atoms with E-state index >= 15 is 0 Å². The van der Waals surface area contributed by atoms with Crippen molar-refractivity contribution in [2.24, 2.45) is 5.10 Å². The van der Waals surface area contributed by atoms with E-state index in [2.05, 4.69) is 21.2 Å². The highest BCUT2D eigenvalue weighted by Crippen LogP contribution is 2.24. The van der Waals surface area contributed by atoms with Crippen molar-refractivity contribution in [1.29, 1.82) is 0 Å². The van der Waals surface area contributed by atoms with Crippen LogP contribution in [0.1, 0.15) is 18.9 Å². The molecular weight excluding hydrogens is 399 g/mol. The molecule has 2 aromatic rings. The third kappa shape index (κ3) is 7.52. The van der Waals surface area contributed by atoms with Gasteiger partial charge in [0.15, 0.2) is 0 Å². The number of halogens is 2. The number of amides is 2. The maximum atomic E-state index is 13.9. The Hall–Kier alpha value is -2.97. The second kappa shape index (κ2) is 11.8. The minimum absolute atomic E-state index is 0.278. The minimum Gasteiger partial charge on any atom is -0.382 e. The van der Waals surface area contributed by atoms with Gasteiger partial charge in [-0.2, -0.15) is 5.10 Å². The monoisotopic (exact) mass is 420 g/mol. The van der Waals surface area contributed by atoms with Crippen LogP contribution in [0.25, 0.3) is 0 Å². The Balaban J connectivity index is 1.95. The van der Waals surface area contributed by atoms with Gasteiger partial charge >= 0.3 is 11.8 Å². The van der Waals surface area contributed by atoms with Gasteiger partial charge in [-0.15, -0.1) is 0 Å². The molecule has 0 aliphatic heterocycles. The molecule has 0 radical (unpaired) electrons. The number of nitrogens with zero attached hydrogens (tertiary/aromatic N) is 1. The summed E-state index contributed by atoms with van der Waals surface area (Å²) in [6.07, 6.45) is 1.92. The fourth-order valence-corrected chi connectivity index (χ4v) is 2.45. The van der Waals surface area contributed by atoms with Gasteiger partial charge in [0.2, 0.25) is 0 Å². The summed E-state index contributed by atoms with van der Waals surface area (Å²) in [5.41, 5.74) is 3.45. The van der Waals surface area contributed by atoms with E-state index in [1.165, 1.54) is 12.3 Å². The fourth-order valence-electron chi connectivity index (χ4n) is 2.27. The van der Waals surface area contributed by atoms with Gasteiger partial charge in [-0.1, -0.05) is 23.7 Å². The molecule has 0 aliphatic carbocycles. The summed E-state index contributed by atoms with van der Waals surface area (Å²) in [5, 5.41) is 9.63. The molecule has 0 saturated carbocycles. The first-order valence-corrected chi connectivity index (χ1v) is 9.39. The number of para-hydroxylation sites is 1. The molecule has 0 aliphatic rings. The molecule has 0 unspecified atom stereocenters. The maximum Gasteiger partial charge on any atom is 0.329 e. The molecule has 0 bridgehead atoms. The zero-order valence-corrected chi connectivity index (χ0v) is 16.6. The molecule has 7 nitrogen and oxygen atoms in total. The van der Waals surface area contributed by atoms with Crippen LogP contribution in [-0.4, -0.2) is 37.8 Å². The summed E-state index contributed by atoms with van der Waals surface area (Å²) >= 11 is 6.01. The minimum atomic E-state index is -0.900. The van der Waals surface area contributed by atoms with Gasteiger partial charge < -0.3 is 15.4 Å². The average Bonchev–Trinajstić information content (AvgIpc) is 2.71. The Kier molecular flexibility index (Phi) is 9.07. The Morgan fingerprint density at radius 2 is 1.97 bits per heavy atom. The van der Waals surface area contributed by atoms with Gasteiger partial charge in [0.25, 0.3) is 0 Å². The number of carbonyl (C=O) groups excluding carboxylic acids is 2. The Morgan fingerprint density at radius 3 is 2.72 bits per heavy atom. The number of ether oxygens (including phenoxy) is 1. The highest BCUT2D eigenvalue weighted by molar-refractivity contribution is 6.35. The molecule has 154 valence electrons. The number of rotatable bonds is 9. The van der Waals surface area contributed by atoms with Crippen molar-refractivity contribution in [3.05, 3.63) is 58.9 Å². The fraction of sp³-hybridized carbons (Fsp3) is 0.250. The zero-order chi connectivity index (χ0) is 21.1. The average molecular weight is 421 g/mol. The topological polar surface area (TPSA) is 91.8 Å². The summed E-state index contributed by atoms with van der Waals surface area (Å²) in [5.74, 6) is -2.11. The van der Waals surface area contributed by atoms with Crippen LogP contribution < -0.4 is 16.1 Å². The Labute approximate surface area is 173 Å². The van der Waals surface area contributed by atoms with Gasteiger partial charge in [-0.3, -0.25) is 9.59 Å². The van der Waals surface area contributed by atoms with Gasteiger partial charge in [-0.05, 0) is 43.7 Å². The number of hydrazone groups is 1. The van der Waals surface area contributed by atoms with E-state index in [-0.39, 0.29) is 5.69 Å². The number of benzene rings is 2. The van der Waals surface area contributed by atoms with Gasteiger partial charge in [0.1, 0.15) is 5.82 Å². The normalized spacial score (nSPS) is 10.7. The van der Waals surface area contributed by atoms with Crippen LogP contribution in [0.2, 0.25) is 5.02 Å². The summed E-state index contributed by atoms with van der Waals surface area (Å²) in [4.78, 5) is 23.5. The van der Waals surface area contributed by atoms with Crippen LogP contribution in [0, 0.1) is 5.82 Å². The third-order valence-electron chi connectivity index (χ3n) is 3.69. The molecule has 2 rings (SSSR count). The first kappa shape index (κ1) is 22.3. The number of nitrogens with one attached hydrogen (secondary N) is 3. The van der Waals surface area contributed by atoms with Crippen molar-refractivity contribution in [3.8, 4) is 0 Å². The summed E-state index contributed by atoms with van der Waals surface area (Å²) < 4.78 is 19.0. The van der Waals surface area contributed by atoms with Crippen LogP contribution >= 0.6 is 11.6 Å². The molecule has 9 heteroatoms. The van der Waals surface area contributed by atoms with Crippen LogP contribution in [0.3, 0.4) is 0 Å². The summed E-state index contributed by atoms with van der Waals surface area (Å²) in [6.45, 7) is 3.30. The van der Waals surface area contributed by atoms with Crippen molar-refractivity contribution in [2.75, 3.05) is 25.1 Å². The third-order valence-corrected chi connectivity index (χ3v) is 3.92. The lowest BCUT2D eigenvalue weighted by Crippen LogP contribution is -2.38. The molecule has 0 spiro atoms. The predicted molar refractivity (Wildman–Crippen MR) is 111 cm³/mol. The lowest BCUT2D eigenvalue weighted by Gasteiger charge is -2.10. The van der Waals surface area contributed by atoms with Crippen LogP contribution in [0.4, 0.5) is 15.8 Å². The van der Waals surface area contributed by atoms with E-state index in [0.717, 1.165) is 0 Å². The van der Waals surface area contributed by atoms with E-state index < -0.39 is 17.6 Å². The predicted octanol–water partition coefficient (Wildman–Crippen LogP) is 3.22. The van der Waals surface area contributed by atoms with Gasteiger partial charge in [0.05, 0.1) is 11.9 Å². The molecular formula is C20H22ClFN4O3. The number of hydrogen-bond donors (Lipinski definition) is 3. The van der Waals surface area contributed by atoms with E-state index in [0.29, 0.717) is 42.5 Å². The zero-order valence-electron chi connectivity index (χ0n) is 15.9. The van der Waals surface area contributed by atoms with Crippen molar-refractivity contribution < 1.29 is 18.7 Å². The molecule has 2 aromatic carbocycles. The second-order valence-corrected chi connectivity index (χ2v) is 6.28. The van der Waals surface area contributed by atoms with E-state index in [1.54, 1.807) is 36.4 Å². The number of anilines is 2. The van der Waals surface area contributed by atoms with Crippen LogP contribution in [0.5, 0.6) is 0 Å². The molecule has 29 heavy (non-hydrogen) atoms.